The number of nitrogens with two attached hydrogens (primary N) is 1. The SMILES string of the molecule is Cc1cc(CNc2ccnc3cc(N)ccc23)no1. The number of nitrogens with one attached hydrogen (secondary N) is 1. The van der Waals surface area contributed by atoms with Crippen LogP contribution in [0.4, 0.5) is 11.4 Å². The highest BCUT2D eigenvalue weighted by atomic mass is 16.5. The zero-order chi connectivity index (χ0) is 13.2. The second-order valence-corrected chi connectivity index (χ2v) is 4.42. The van der Waals surface area contributed by atoms with Crippen LogP contribution in [0.15, 0.2) is 41.1 Å². The Hall–Kier alpha value is -2.56. The van der Waals surface area contributed by atoms with Crippen LogP contribution in [0, 0.1) is 6.92 Å². The quantitative estimate of drug-likeness (QED) is 0.703. The smallest absolute Gasteiger partial charge is 0.133 e. The minimum absolute atomic E-state index is 0.612. The summed E-state index contributed by atoms with van der Waals surface area (Å²) in [5, 5.41) is 8.32. The van der Waals surface area contributed by atoms with Crippen LogP contribution in [-0.4, -0.2) is 10.1 Å². The van der Waals surface area contributed by atoms with Gasteiger partial charge in [-0.15, -0.1) is 0 Å². The molecule has 96 valence electrons. The van der Waals surface area contributed by atoms with Gasteiger partial charge in [-0.05, 0) is 31.2 Å². The topological polar surface area (TPSA) is 77.0 Å². The molecule has 0 aliphatic heterocycles. The van der Waals surface area contributed by atoms with Gasteiger partial charge >= 0.3 is 0 Å². The number of benzene rings is 1. The van der Waals surface area contributed by atoms with Crippen LogP contribution < -0.4 is 11.1 Å². The second-order valence-electron chi connectivity index (χ2n) is 4.42. The van der Waals surface area contributed by atoms with Crippen LogP contribution in [0.1, 0.15) is 11.5 Å². The highest BCUT2D eigenvalue weighted by Crippen LogP contribution is 2.23. The standard InChI is InChI=1S/C14H14N4O/c1-9-6-11(18-19-9)8-17-13-4-5-16-14-7-10(15)2-3-12(13)14/h2-7H,8,15H2,1H3,(H,16,17). The zero-order valence-corrected chi connectivity index (χ0v) is 10.6. The van der Waals surface area contributed by atoms with E-state index in [0.717, 1.165) is 28.0 Å². The lowest BCUT2D eigenvalue weighted by atomic mass is 10.1. The fourth-order valence-corrected chi connectivity index (χ4v) is 2.01. The summed E-state index contributed by atoms with van der Waals surface area (Å²) in [5.41, 5.74) is 9.23. The maximum absolute atomic E-state index is 5.76. The van der Waals surface area contributed by atoms with Gasteiger partial charge in [-0.25, -0.2) is 0 Å². The molecule has 0 bridgehead atoms. The molecule has 0 saturated heterocycles. The van der Waals surface area contributed by atoms with Crippen LogP contribution in [-0.2, 0) is 6.54 Å². The van der Waals surface area contributed by atoms with Gasteiger partial charge in [0.2, 0.25) is 0 Å². The van der Waals surface area contributed by atoms with Crippen LogP contribution in [0.5, 0.6) is 0 Å². The summed E-state index contributed by atoms with van der Waals surface area (Å²) < 4.78 is 5.04. The van der Waals surface area contributed by atoms with Gasteiger partial charge in [0.05, 0.1) is 12.1 Å². The van der Waals surface area contributed by atoms with Gasteiger partial charge in [0.1, 0.15) is 11.5 Å². The molecule has 0 atom stereocenters. The van der Waals surface area contributed by atoms with Crippen molar-refractivity contribution in [2.24, 2.45) is 0 Å². The average Bonchev–Trinajstić information content (AvgIpc) is 2.81. The normalized spacial score (nSPS) is 10.8. The first kappa shape index (κ1) is 11.5. The molecule has 0 aliphatic carbocycles. The van der Waals surface area contributed by atoms with Crippen molar-refractivity contribution in [3.8, 4) is 0 Å². The number of rotatable bonds is 3. The predicted octanol–water partition coefficient (Wildman–Crippen LogP) is 2.73. The molecule has 2 heterocycles. The Bertz CT molecular complexity index is 720. The molecule has 0 spiro atoms. The number of aromatic nitrogens is 2. The van der Waals surface area contributed by atoms with E-state index in [2.05, 4.69) is 15.5 Å². The van der Waals surface area contributed by atoms with Gasteiger partial charge < -0.3 is 15.6 Å². The molecule has 5 heteroatoms. The van der Waals surface area contributed by atoms with Gasteiger partial charge in [0.25, 0.3) is 0 Å². The highest BCUT2D eigenvalue weighted by molar-refractivity contribution is 5.92. The van der Waals surface area contributed by atoms with Crippen LogP contribution in [0.25, 0.3) is 10.9 Å². The number of fused-ring (bicyclic) bond motifs is 1. The summed E-state index contributed by atoms with van der Waals surface area (Å²) in [6.45, 7) is 2.49. The van der Waals surface area contributed by atoms with Crippen molar-refractivity contribution in [2.45, 2.75) is 13.5 Å². The lowest BCUT2D eigenvalue weighted by Gasteiger charge is -2.08. The van der Waals surface area contributed by atoms with Crippen LogP contribution in [0.3, 0.4) is 0 Å². The summed E-state index contributed by atoms with van der Waals surface area (Å²) in [7, 11) is 0. The Morgan fingerprint density at radius 2 is 2.16 bits per heavy atom. The fourth-order valence-electron chi connectivity index (χ4n) is 2.01. The molecule has 3 rings (SSSR count). The van der Waals surface area contributed by atoms with Crippen molar-refractivity contribution in [3.63, 3.8) is 0 Å². The lowest BCUT2D eigenvalue weighted by Crippen LogP contribution is -2.00. The fraction of sp³-hybridized carbons (Fsp3) is 0.143. The lowest BCUT2D eigenvalue weighted by molar-refractivity contribution is 0.391. The number of hydrogen-bond donors (Lipinski definition) is 2. The molecule has 19 heavy (non-hydrogen) atoms. The van der Waals surface area contributed by atoms with Crippen molar-refractivity contribution in [2.75, 3.05) is 11.1 Å². The zero-order valence-electron chi connectivity index (χ0n) is 10.6. The number of aryl methyl sites for hydroxylation is 1. The van der Waals surface area contributed by atoms with Crippen molar-refractivity contribution >= 4 is 22.3 Å². The third kappa shape index (κ3) is 2.35. The summed E-state index contributed by atoms with van der Waals surface area (Å²) >= 11 is 0. The largest absolute Gasteiger partial charge is 0.399 e. The number of nitrogens with zero attached hydrogens (tertiary/aromatic N) is 2. The molecule has 3 N–H and O–H groups in total. The molecule has 0 fully saturated rings. The molecule has 0 aliphatic rings. The van der Waals surface area contributed by atoms with E-state index in [4.69, 9.17) is 10.3 Å². The Balaban J connectivity index is 1.88. The first-order chi connectivity index (χ1) is 9.22. The Labute approximate surface area is 110 Å². The van der Waals surface area contributed by atoms with Gasteiger partial charge in [0, 0.05) is 29.0 Å². The van der Waals surface area contributed by atoms with Crippen molar-refractivity contribution in [3.05, 3.63) is 48.0 Å². The first-order valence-corrected chi connectivity index (χ1v) is 6.03. The van der Waals surface area contributed by atoms with Crippen molar-refractivity contribution in [1.29, 1.82) is 0 Å². The molecule has 3 aromatic rings. The summed E-state index contributed by atoms with van der Waals surface area (Å²) in [5.74, 6) is 0.809. The third-order valence-electron chi connectivity index (χ3n) is 2.90. The molecule has 1 aromatic carbocycles. The van der Waals surface area contributed by atoms with E-state index in [0.29, 0.717) is 12.2 Å². The van der Waals surface area contributed by atoms with Gasteiger partial charge in [-0.1, -0.05) is 5.16 Å². The number of pyridine rings is 1. The van der Waals surface area contributed by atoms with Gasteiger partial charge in [-0.3, -0.25) is 4.98 Å². The van der Waals surface area contributed by atoms with E-state index >= 15 is 0 Å². The van der Waals surface area contributed by atoms with E-state index in [9.17, 15) is 0 Å². The molecular formula is C14H14N4O. The Morgan fingerprint density at radius 3 is 2.95 bits per heavy atom. The van der Waals surface area contributed by atoms with Crippen LogP contribution in [0.2, 0.25) is 0 Å². The molecule has 2 aromatic heterocycles. The van der Waals surface area contributed by atoms with E-state index in [-0.39, 0.29) is 0 Å². The van der Waals surface area contributed by atoms with Crippen LogP contribution >= 0.6 is 0 Å². The van der Waals surface area contributed by atoms with Crippen molar-refractivity contribution < 1.29 is 4.52 Å². The summed E-state index contributed by atoms with van der Waals surface area (Å²) in [4.78, 5) is 4.31. The summed E-state index contributed by atoms with van der Waals surface area (Å²) in [6, 6.07) is 9.55. The Kier molecular flexibility index (Phi) is 2.79. The number of nitrogen functional groups attached to an aromatic ring is 1. The predicted molar refractivity (Wildman–Crippen MR) is 74.7 cm³/mol. The number of anilines is 2. The molecule has 5 nitrogen and oxygen atoms in total. The highest BCUT2D eigenvalue weighted by Gasteiger charge is 2.04. The maximum atomic E-state index is 5.76. The molecule has 0 saturated carbocycles. The minimum Gasteiger partial charge on any atom is -0.399 e. The van der Waals surface area contributed by atoms with E-state index in [1.807, 2.05) is 37.3 Å². The first-order valence-electron chi connectivity index (χ1n) is 6.03. The molecule has 0 amide bonds. The van der Waals surface area contributed by atoms with E-state index < -0.39 is 0 Å². The maximum Gasteiger partial charge on any atom is 0.133 e. The average molecular weight is 254 g/mol. The third-order valence-corrected chi connectivity index (χ3v) is 2.90. The van der Waals surface area contributed by atoms with Gasteiger partial charge in [-0.2, -0.15) is 0 Å². The second kappa shape index (κ2) is 4.61. The summed E-state index contributed by atoms with van der Waals surface area (Å²) in [6.07, 6.45) is 1.76. The number of hydrogen-bond acceptors (Lipinski definition) is 5. The monoisotopic (exact) mass is 254 g/mol. The molecular weight excluding hydrogens is 240 g/mol. The minimum atomic E-state index is 0.612. The Morgan fingerprint density at radius 1 is 1.26 bits per heavy atom. The van der Waals surface area contributed by atoms with E-state index in [1.54, 1.807) is 6.20 Å². The van der Waals surface area contributed by atoms with Crippen molar-refractivity contribution in [1.82, 2.24) is 10.1 Å². The van der Waals surface area contributed by atoms with Gasteiger partial charge in [0.15, 0.2) is 0 Å². The molecule has 0 radical (unpaired) electrons. The molecule has 0 unspecified atom stereocenters. The van der Waals surface area contributed by atoms with E-state index in [1.165, 1.54) is 0 Å².